The van der Waals surface area contributed by atoms with Crippen LogP contribution in [0, 0.1) is 13.8 Å². The Morgan fingerprint density at radius 2 is 2.25 bits per heavy atom. The van der Waals surface area contributed by atoms with Crippen molar-refractivity contribution in [2.75, 3.05) is 7.11 Å². The topological polar surface area (TPSA) is 27.1 Å². The zero-order valence-corrected chi connectivity index (χ0v) is 8.16. The highest BCUT2D eigenvalue weighted by Crippen LogP contribution is 2.03. The highest BCUT2D eigenvalue weighted by Gasteiger charge is 2.04. The summed E-state index contributed by atoms with van der Waals surface area (Å²) >= 11 is 0. The van der Waals surface area contributed by atoms with Crippen LogP contribution in [0.15, 0.2) is 6.07 Å². The summed E-state index contributed by atoms with van der Waals surface area (Å²) < 4.78 is 7.13. The van der Waals surface area contributed by atoms with Crippen LogP contribution in [0.3, 0.4) is 0 Å². The van der Waals surface area contributed by atoms with E-state index in [9.17, 15) is 0 Å². The van der Waals surface area contributed by atoms with Crippen LogP contribution in [-0.2, 0) is 11.3 Å². The molecule has 0 aliphatic carbocycles. The van der Waals surface area contributed by atoms with Crippen molar-refractivity contribution in [2.45, 2.75) is 33.4 Å². The van der Waals surface area contributed by atoms with E-state index in [4.69, 9.17) is 4.74 Å². The van der Waals surface area contributed by atoms with Gasteiger partial charge < -0.3 is 4.74 Å². The molecule has 1 heterocycles. The second-order valence-electron chi connectivity index (χ2n) is 3.16. The normalized spacial score (nSPS) is 13.3. The van der Waals surface area contributed by atoms with Crippen molar-refractivity contribution in [1.29, 1.82) is 0 Å². The molecule has 0 aliphatic rings. The predicted molar refractivity (Wildman–Crippen MR) is 48.2 cm³/mol. The van der Waals surface area contributed by atoms with Crippen LogP contribution in [0.2, 0.25) is 0 Å². The summed E-state index contributed by atoms with van der Waals surface area (Å²) in [6.07, 6.45) is 0.225. The Bertz CT molecular complexity index is 255. The molecule has 0 aliphatic heterocycles. The molecule has 0 radical (unpaired) electrons. The van der Waals surface area contributed by atoms with Gasteiger partial charge in [-0.3, -0.25) is 4.68 Å². The number of ether oxygens (including phenoxy) is 1. The van der Waals surface area contributed by atoms with E-state index >= 15 is 0 Å². The van der Waals surface area contributed by atoms with E-state index in [2.05, 4.69) is 18.1 Å². The minimum absolute atomic E-state index is 0.225. The maximum atomic E-state index is 5.16. The van der Waals surface area contributed by atoms with Crippen LogP contribution in [0.4, 0.5) is 0 Å². The van der Waals surface area contributed by atoms with Gasteiger partial charge in [0.25, 0.3) is 0 Å². The van der Waals surface area contributed by atoms with Gasteiger partial charge in [-0.25, -0.2) is 0 Å². The molecular formula is C9H16N2O. The SMILES string of the molecule is CO[C@H](C)Cn1nc(C)cc1C. The van der Waals surface area contributed by atoms with Crippen molar-refractivity contribution in [1.82, 2.24) is 9.78 Å². The van der Waals surface area contributed by atoms with Gasteiger partial charge in [-0.2, -0.15) is 5.10 Å². The number of rotatable bonds is 3. The summed E-state index contributed by atoms with van der Waals surface area (Å²) in [6.45, 7) is 6.93. The van der Waals surface area contributed by atoms with Gasteiger partial charge in [0, 0.05) is 12.8 Å². The lowest BCUT2D eigenvalue weighted by Gasteiger charge is -2.10. The van der Waals surface area contributed by atoms with Crippen LogP contribution >= 0.6 is 0 Å². The molecule has 1 atom stereocenters. The number of aromatic nitrogens is 2. The standard InChI is InChI=1S/C9H16N2O/c1-7-5-8(2)11(10-7)6-9(3)12-4/h5,9H,6H2,1-4H3/t9-/m1/s1. The summed E-state index contributed by atoms with van der Waals surface area (Å²) in [6, 6.07) is 2.07. The minimum atomic E-state index is 0.225. The molecule has 12 heavy (non-hydrogen) atoms. The first-order valence-electron chi connectivity index (χ1n) is 4.17. The molecule has 1 aromatic rings. The van der Waals surface area contributed by atoms with Gasteiger partial charge in [-0.15, -0.1) is 0 Å². The number of nitrogens with zero attached hydrogens (tertiary/aromatic N) is 2. The Labute approximate surface area is 73.3 Å². The van der Waals surface area contributed by atoms with E-state index in [1.165, 1.54) is 5.69 Å². The van der Waals surface area contributed by atoms with Gasteiger partial charge >= 0.3 is 0 Å². The summed E-state index contributed by atoms with van der Waals surface area (Å²) in [5.74, 6) is 0. The number of hydrogen-bond acceptors (Lipinski definition) is 2. The molecule has 0 amide bonds. The molecule has 3 heteroatoms. The fraction of sp³-hybridized carbons (Fsp3) is 0.667. The van der Waals surface area contributed by atoms with Crippen LogP contribution in [0.1, 0.15) is 18.3 Å². The maximum absolute atomic E-state index is 5.16. The molecule has 0 aromatic carbocycles. The number of hydrogen-bond donors (Lipinski definition) is 0. The van der Waals surface area contributed by atoms with Crippen LogP contribution in [0.5, 0.6) is 0 Å². The Morgan fingerprint density at radius 1 is 1.58 bits per heavy atom. The molecule has 0 saturated carbocycles. The smallest absolute Gasteiger partial charge is 0.0739 e. The lowest BCUT2D eigenvalue weighted by atomic mass is 10.4. The van der Waals surface area contributed by atoms with Gasteiger partial charge in [0.05, 0.1) is 18.3 Å². The Morgan fingerprint density at radius 3 is 2.67 bits per heavy atom. The monoisotopic (exact) mass is 168 g/mol. The molecule has 0 N–H and O–H groups in total. The number of aryl methyl sites for hydroxylation is 2. The van der Waals surface area contributed by atoms with E-state index < -0.39 is 0 Å². The number of methoxy groups -OCH3 is 1. The first kappa shape index (κ1) is 9.26. The van der Waals surface area contributed by atoms with Crippen molar-refractivity contribution in [3.05, 3.63) is 17.5 Å². The average molecular weight is 168 g/mol. The maximum Gasteiger partial charge on any atom is 0.0739 e. The van der Waals surface area contributed by atoms with E-state index in [0.29, 0.717) is 0 Å². The van der Waals surface area contributed by atoms with Crippen LogP contribution in [0.25, 0.3) is 0 Å². The van der Waals surface area contributed by atoms with E-state index in [1.807, 2.05) is 18.5 Å². The van der Waals surface area contributed by atoms with Crippen molar-refractivity contribution in [3.63, 3.8) is 0 Å². The molecule has 3 nitrogen and oxygen atoms in total. The third-order valence-corrected chi connectivity index (χ3v) is 1.94. The highest BCUT2D eigenvalue weighted by molar-refractivity contribution is 5.06. The van der Waals surface area contributed by atoms with E-state index in [1.54, 1.807) is 7.11 Å². The molecule has 68 valence electrons. The molecule has 0 saturated heterocycles. The minimum Gasteiger partial charge on any atom is -0.380 e. The summed E-state index contributed by atoms with van der Waals surface area (Å²) in [5, 5.41) is 4.33. The molecule has 0 fully saturated rings. The fourth-order valence-corrected chi connectivity index (χ4v) is 1.18. The third kappa shape index (κ3) is 2.08. The largest absolute Gasteiger partial charge is 0.380 e. The Kier molecular flexibility index (Phi) is 2.87. The van der Waals surface area contributed by atoms with Crippen molar-refractivity contribution in [2.24, 2.45) is 0 Å². The van der Waals surface area contributed by atoms with Gasteiger partial charge in [-0.05, 0) is 26.8 Å². The van der Waals surface area contributed by atoms with E-state index in [0.717, 1.165) is 12.2 Å². The van der Waals surface area contributed by atoms with Crippen LogP contribution < -0.4 is 0 Å². The summed E-state index contributed by atoms with van der Waals surface area (Å²) in [4.78, 5) is 0. The second-order valence-corrected chi connectivity index (χ2v) is 3.16. The first-order chi connectivity index (χ1) is 5.63. The summed E-state index contributed by atoms with van der Waals surface area (Å²) in [5.41, 5.74) is 2.26. The first-order valence-corrected chi connectivity index (χ1v) is 4.17. The van der Waals surface area contributed by atoms with Gasteiger partial charge in [0.1, 0.15) is 0 Å². The highest BCUT2D eigenvalue weighted by atomic mass is 16.5. The van der Waals surface area contributed by atoms with Crippen molar-refractivity contribution in [3.8, 4) is 0 Å². The quantitative estimate of drug-likeness (QED) is 0.684. The Hall–Kier alpha value is -0.830. The zero-order valence-electron chi connectivity index (χ0n) is 8.16. The van der Waals surface area contributed by atoms with Crippen molar-refractivity contribution >= 4 is 0 Å². The van der Waals surface area contributed by atoms with Gasteiger partial charge in [0.15, 0.2) is 0 Å². The molecular weight excluding hydrogens is 152 g/mol. The summed E-state index contributed by atoms with van der Waals surface area (Å²) in [7, 11) is 1.72. The fourth-order valence-electron chi connectivity index (χ4n) is 1.18. The predicted octanol–water partition coefficient (Wildman–Crippen LogP) is 1.53. The second kappa shape index (κ2) is 3.72. The van der Waals surface area contributed by atoms with Gasteiger partial charge in [0.2, 0.25) is 0 Å². The molecule has 1 rings (SSSR count). The molecule has 0 spiro atoms. The molecule has 1 aromatic heterocycles. The van der Waals surface area contributed by atoms with E-state index in [-0.39, 0.29) is 6.10 Å². The Balaban J connectivity index is 2.68. The third-order valence-electron chi connectivity index (χ3n) is 1.94. The van der Waals surface area contributed by atoms with Crippen LogP contribution in [-0.4, -0.2) is 23.0 Å². The lowest BCUT2D eigenvalue weighted by Crippen LogP contribution is -2.16. The van der Waals surface area contributed by atoms with Gasteiger partial charge in [-0.1, -0.05) is 0 Å². The van der Waals surface area contributed by atoms with Crippen molar-refractivity contribution < 1.29 is 4.74 Å². The lowest BCUT2D eigenvalue weighted by molar-refractivity contribution is 0.0991. The molecule has 0 bridgehead atoms. The molecule has 0 unspecified atom stereocenters. The average Bonchev–Trinajstić information content (AvgIpc) is 2.30. The zero-order chi connectivity index (χ0) is 9.14.